The molecule has 0 radical (unpaired) electrons. The lowest BCUT2D eigenvalue weighted by Crippen LogP contribution is -2.03. The molecular formula is C11H7F3N2OS. The van der Waals surface area contributed by atoms with Crippen LogP contribution in [-0.4, -0.2) is 10.8 Å². The molecule has 94 valence electrons. The third-order valence-electron chi connectivity index (χ3n) is 2.14. The Balaban J connectivity index is 2.29. The van der Waals surface area contributed by atoms with E-state index in [2.05, 4.69) is 4.98 Å². The average Bonchev–Trinajstić information content (AvgIpc) is 2.78. The number of nitrogens with two attached hydrogens (primary N) is 1. The van der Waals surface area contributed by atoms with Crippen molar-refractivity contribution < 1.29 is 18.0 Å². The number of rotatable bonds is 2. The van der Waals surface area contributed by atoms with Crippen LogP contribution in [0.3, 0.4) is 0 Å². The van der Waals surface area contributed by atoms with Crippen LogP contribution < -0.4 is 5.73 Å². The van der Waals surface area contributed by atoms with E-state index in [1.807, 2.05) is 0 Å². The number of benzene rings is 1. The lowest BCUT2D eigenvalue weighted by molar-refractivity contribution is -0.137. The SMILES string of the molecule is Nc1ccc(C(=O)c2cnc(C(F)(F)F)s2)cc1. The van der Waals surface area contributed by atoms with Gasteiger partial charge in [0.1, 0.15) is 0 Å². The van der Waals surface area contributed by atoms with Crippen molar-refractivity contribution in [3.05, 3.63) is 45.9 Å². The molecule has 2 rings (SSSR count). The fraction of sp³-hybridized carbons (Fsp3) is 0.0909. The van der Waals surface area contributed by atoms with E-state index in [1.54, 1.807) is 0 Å². The molecule has 0 unspecified atom stereocenters. The monoisotopic (exact) mass is 272 g/mol. The van der Waals surface area contributed by atoms with Crippen molar-refractivity contribution in [2.45, 2.75) is 6.18 Å². The number of thiazole rings is 1. The number of carbonyl (C=O) groups excluding carboxylic acids is 1. The Kier molecular flexibility index (Phi) is 3.08. The second-order valence-corrected chi connectivity index (χ2v) is 4.51. The van der Waals surface area contributed by atoms with Gasteiger partial charge in [-0.15, -0.1) is 11.3 Å². The van der Waals surface area contributed by atoms with Gasteiger partial charge in [-0.1, -0.05) is 0 Å². The summed E-state index contributed by atoms with van der Waals surface area (Å²) in [7, 11) is 0. The second kappa shape index (κ2) is 4.41. The number of nitrogen functional groups attached to an aromatic ring is 1. The molecule has 0 amide bonds. The normalized spacial score (nSPS) is 11.5. The summed E-state index contributed by atoms with van der Waals surface area (Å²) in [5.74, 6) is -0.497. The first kappa shape index (κ1) is 12.6. The predicted molar refractivity (Wildman–Crippen MR) is 61.4 cm³/mol. The van der Waals surface area contributed by atoms with Gasteiger partial charge in [0, 0.05) is 17.4 Å². The van der Waals surface area contributed by atoms with Crippen molar-refractivity contribution in [1.29, 1.82) is 0 Å². The molecular weight excluding hydrogens is 265 g/mol. The molecule has 1 aromatic carbocycles. The van der Waals surface area contributed by atoms with Crippen LogP contribution in [0.4, 0.5) is 18.9 Å². The maximum Gasteiger partial charge on any atom is 0.443 e. The molecule has 2 N–H and O–H groups in total. The summed E-state index contributed by atoms with van der Waals surface area (Å²) in [6.07, 6.45) is -3.59. The van der Waals surface area contributed by atoms with Crippen molar-refractivity contribution >= 4 is 22.8 Å². The second-order valence-electron chi connectivity index (χ2n) is 3.48. The van der Waals surface area contributed by atoms with Gasteiger partial charge in [-0.3, -0.25) is 4.79 Å². The molecule has 3 nitrogen and oxygen atoms in total. The first-order valence-corrected chi connectivity index (χ1v) is 5.63. The predicted octanol–water partition coefficient (Wildman–Crippen LogP) is 2.98. The zero-order valence-electron chi connectivity index (χ0n) is 8.86. The van der Waals surface area contributed by atoms with Crippen LogP contribution in [0, 0.1) is 0 Å². The average molecular weight is 272 g/mol. The minimum absolute atomic E-state index is 0.0490. The topological polar surface area (TPSA) is 56.0 Å². The summed E-state index contributed by atoms with van der Waals surface area (Å²) >= 11 is 0.330. The van der Waals surface area contributed by atoms with Crippen LogP contribution in [0.5, 0.6) is 0 Å². The molecule has 0 aliphatic rings. The van der Waals surface area contributed by atoms with Crippen LogP contribution in [0.2, 0.25) is 0 Å². The number of hydrogen-bond donors (Lipinski definition) is 1. The summed E-state index contributed by atoms with van der Waals surface area (Å²) in [5.41, 5.74) is 6.21. The van der Waals surface area contributed by atoms with Gasteiger partial charge in [-0.25, -0.2) is 4.98 Å². The van der Waals surface area contributed by atoms with E-state index in [1.165, 1.54) is 24.3 Å². The van der Waals surface area contributed by atoms with Crippen molar-refractivity contribution in [2.75, 3.05) is 5.73 Å². The van der Waals surface area contributed by atoms with E-state index in [0.29, 0.717) is 17.0 Å². The molecule has 0 bridgehead atoms. The fourth-order valence-electron chi connectivity index (χ4n) is 1.29. The number of anilines is 1. The Morgan fingerprint density at radius 2 is 1.83 bits per heavy atom. The van der Waals surface area contributed by atoms with E-state index >= 15 is 0 Å². The van der Waals surface area contributed by atoms with Crippen LogP contribution in [0.1, 0.15) is 20.2 Å². The number of hydrogen-bond acceptors (Lipinski definition) is 4. The van der Waals surface area contributed by atoms with Gasteiger partial charge >= 0.3 is 6.18 Å². The van der Waals surface area contributed by atoms with Crippen molar-refractivity contribution in [3.63, 3.8) is 0 Å². The number of ketones is 1. The molecule has 18 heavy (non-hydrogen) atoms. The van der Waals surface area contributed by atoms with E-state index < -0.39 is 17.0 Å². The zero-order valence-corrected chi connectivity index (χ0v) is 9.68. The molecule has 0 atom stereocenters. The van der Waals surface area contributed by atoms with Gasteiger partial charge in [0.25, 0.3) is 0 Å². The fourth-order valence-corrected chi connectivity index (χ4v) is 2.03. The van der Waals surface area contributed by atoms with Crippen molar-refractivity contribution in [2.24, 2.45) is 0 Å². The van der Waals surface area contributed by atoms with Gasteiger partial charge < -0.3 is 5.73 Å². The minimum Gasteiger partial charge on any atom is -0.399 e. The highest BCUT2D eigenvalue weighted by Crippen LogP contribution is 2.33. The maximum absolute atomic E-state index is 12.3. The van der Waals surface area contributed by atoms with E-state index in [4.69, 9.17) is 5.73 Å². The molecule has 2 aromatic rings. The molecule has 1 heterocycles. The molecule has 7 heteroatoms. The van der Waals surface area contributed by atoms with Gasteiger partial charge in [-0.05, 0) is 24.3 Å². The van der Waals surface area contributed by atoms with Crippen LogP contribution >= 0.6 is 11.3 Å². The molecule has 0 saturated carbocycles. The van der Waals surface area contributed by atoms with Gasteiger partial charge in [0.15, 0.2) is 5.01 Å². The number of halogens is 3. The molecule has 1 aromatic heterocycles. The number of nitrogens with zero attached hydrogens (tertiary/aromatic N) is 1. The smallest absolute Gasteiger partial charge is 0.399 e. The molecule has 0 aliphatic carbocycles. The van der Waals surface area contributed by atoms with Gasteiger partial charge in [-0.2, -0.15) is 13.2 Å². The van der Waals surface area contributed by atoms with E-state index in [-0.39, 0.29) is 10.4 Å². The third kappa shape index (κ3) is 2.51. The van der Waals surface area contributed by atoms with E-state index in [0.717, 1.165) is 6.20 Å². The van der Waals surface area contributed by atoms with E-state index in [9.17, 15) is 18.0 Å². The highest BCUT2D eigenvalue weighted by molar-refractivity contribution is 7.13. The summed E-state index contributed by atoms with van der Waals surface area (Å²) < 4.78 is 37.0. The van der Waals surface area contributed by atoms with Crippen LogP contribution in [0.25, 0.3) is 0 Å². The Bertz CT molecular complexity index is 575. The van der Waals surface area contributed by atoms with Crippen molar-refractivity contribution in [1.82, 2.24) is 4.98 Å². The zero-order chi connectivity index (χ0) is 13.3. The number of alkyl halides is 3. The lowest BCUT2D eigenvalue weighted by atomic mass is 10.1. The molecule has 0 saturated heterocycles. The summed E-state index contributed by atoms with van der Waals surface area (Å²) in [5, 5.41) is -1.03. The Hall–Kier alpha value is -1.89. The highest BCUT2D eigenvalue weighted by Gasteiger charge is 2.35. The van der Waals surface area contributed by atoms with Gasteiger partial charge in [0.05, 0.1) is 4.88 Å². The summed E-state index contributed by atoms with van der Waals surface area (Å²) in [4.78, 5) is 15.0. The molecule has 0 fully saturated rings. The minimum atomic E-state index is -4.52. The largest absolute Gasteiger partial charge is 0.443 e. The Morgan fingerprint density at radius 1 is 1.22 bits per heavy atom. The highest BCUT2D eigenvalue weighted by atomic mass is 32.1. The number of aromatic nitrogens is 1. The molecule has 0 aliphatic heterocycles. The lowest BCUT2D eigenvalue weighted by Gasteiger charge is -1.99. The van der Waals surface area contributed by atoms with Gasteiger partial charge in [0.2, 0.25) is 5.78 Å². The first-order valence-electron chi connectivity index (χ1n) is 4.81. The quantitative estimate of drug-likeness (QED) is 0.675. The summed E-state index contributed by atoms with van der Waals surface area (Å²) in [6.45, 7) is 0. The Labute approximate surface area is 104 Å². The van der Waals surface area contributed by atoms with Crippen LogP contribution in [-0.2, 0) is 6.18 Å². The number of carbonyl (C=O) groups is 1. The third-order valence-corrected chi connectivity index (χ3v) is 3.19. The maximum atomic E-state index is 12.3. The summed E-state index contributed by atoms with van der Waals surface area (Å²) in [6, 6.07) is 5.95. The standard InChI is InChI=1S/C11H7F3N2OS/c12-11(13,14)10-16-5-8(18-10)9(17)6-1-3-7(15)4-2-6/h1-5H,15H2. The first-order chi connectivity index (χ1) is 8.38. The molecule has 0 spiro atoms. The Morgan fingerprint density at radius 3 is 2.33 bits per heavy atom. The van der Waals surface area contributed by atoms with Crippen molar-refractivity contribution in [3.8, 4) is 0 Å². The van der Waals surface area contributed by atoms with Crippen LogP contribution in [0.15, 0.2) is 30.5 Å².